The lowest BCUT2D eigenvalue weighted by atomic mass is 10.1. The number of azo groups is 1. The molecule has 0 amide bonds. The molecule has 6 heteroatoms. The molecular formula is C19H16N4O2. The highest BCUT2D eigenvalue weighted by atomic mass is 16.1. The van der Waals surface area contributed by atoms with Crippen LogP contribution in [0.2, 0.25) is 0 Å². The maximum atomic E-state index is 12.6. The third kappa shape index (κ3) is 3.37. The second-order valence-electron chi connectivity index (χ2n) is 5.38. The predicted octanol–water partition coefficient (Wildman–Crippen LogP) is 4.26. The van der Waals surface area contributed by atoms with Crippen molar-refractivity contribution in [3.8, 4) is 5.69 Å². The molecule has 0 unspecified atom stereocenters. The number of aromatic amines is 1. The summed E-state index contributed by atoms with van der Waals surface area (Å²) in [6, 6.07) is 15.9. The maximum absolute atomic E-state index is 12.6. The number of aryl methyl sites for hydroxylation is 1. The van der Waals surface area contributed by atoms with E-state index in [0.717, 1.165) is 0 Å². The van der Waals surface area contributed by atoms with E-state index in [-0.39, 0.29) is 17.0 Å². The molecule has 1 heterocycles. The molecule has 0 saturated heterocycles. The van der Waals surface area contributed by atoms with Crippen molar-refractivity contribution in [3.05, 3.63) is 88.9 Å². The summed E-state index contributed by atoms with van der Waals surface area (Å²) in [5.41, 5.74) is 2.33. The van der Waals surface area contributed by atoms with E-state index in [9.17, 15) is 9.59 Å². The highest BCUT2D eigenvalue weighted by Gasteiger charge is 2.12. The molecule has 0 bridgehead atoms. The maximum Gasteiger partial charge on any atom is 0.299 e. The fourth-order valence-corrected chi connectivity index (χ4v) is 2.33. The van der Waals surface area contributed by atoms with Crippen molar-refractivity contribution >= 4 is 17.2 Å². The van der Waals surface area contributed by atoms with Crippen LogP contribution in [-0.4, -0.2) is 15.6 Å². The molecule has 0 aliphatic carbocycles. The van der Waals surface area contributed by atoms with Crippen LogP contribution in [-0.2, 0) is 0 Å². The van der Waals surface area contributed by atoms with E-state index in [1.165, 1.54) is 10.8 Å². The first kappa shape index (κ1) is 16.3. The minimum absolute atomic E-state index is 0.168. The summed E-state index contributed by atoms with van der Waals surface area (Å²) in [6.45, 7) is 5.22. The van der Waals surface area contributed by atoms with E-state index >= 15 is 0 Å². The van der Waals surface area contributed by atoms with Crippen LogP contribution >= 0.6 is 0 Å². The van der Waals surface area contributed by atoms with E-state index in [0.29, 0.717) is 22.6 Å². The Morgan fingerprint density at radius 2 is 1.76 bits per heavy atom. The van der Waals surface area contributed by atoms with Crippen LogP contribution in [0.1, 0.15) is 16.1 Å². The average molecular weight is 332 g/mol. The van der Waals surface area contributed by atoms with Crippen molar-refractivity contribution in [1.29, 1.82) is 0 Å². The molecule has 124 valence electrons. The number of aromatic nitrogens is 2. The summed E-state index contributed by atoms with van der Waals surface area (Å²) < 4.78 is 1.37. The number of H-pyrrole nitrogens is 1. The van der Waals surface area contributed by atoms with E-state index in [1.807, 2.05) is 18.2 Å². The lowest BCUT2D eigenvalue weighted by Gasteiger charge is -2.02. The molecule has 6 nitrogen and oxygen atoms in total. The van der Waals surface area contributed by atoms with Crippen molar-refractivity contribution in [2.75, 3.05) is 0 Å². The Kier molecular flexibility index (Phi) is 4.52. The van der Waals surface area contributed by atoms with Crippen LogP contribution in [0.5, 0.6) is 0 Å². The van der Waals surface area contributed by atoms with Crippen molar-refractivity contribution in [3.63, 3.8) is 0 Å². The van der Waals surface area contributed by atoms with Crippen molar-refractivity contribution < 1.29 is 4.79 Å². The Morgan fingerprint density at radius 1 is 1.08 bits per heavy atom. The van der Waals surface area contributed by atoms with Gasteiger partial charge in [0, 0.05) is 5.56 Å². The van der Waals surface area contributed by atoms with Gasteiger partial charge in [-0.1, -0.05) is 24.8 Å². The molecule has 1 N–H and O–H groups in total. The number of nitrogens with one attached hydrogen (secondary N) is 1. The van der Waals surface area contributed by atoms with Gasteiger partial charge in [-0.3, -0.25) is 14.7 Å². The molecule has 3 rings (SSSR count). The number of benzene rings is 2. The molecule has 3 aromatic rings. The summed E-state index contributed by atoms with van der Waals surface area (Å²) in [4.78, 5) is 24.2. The van der Waals surface area contributed by atoms with E-state index in [1.54, 1.807) is 43.3 Å². The number of carbonyl (C=O) groups excluding carboxylic acids is 1. The van der Waals surface area contributed by atoms with Gasteiger partial charge in [-0.15, -0.1) is 5.11 Å². The predicted molar refractivity (Wildman–Crippen MR) is 96.3 cm³/mol. The SMILES string of the molecule is C=CC(=O)c1ccc(-n2[nH]c(C)c(N=Nc3ccccc3)c2=O)cc1. The average Bonchev–Trinajstić information content (AvgIpc) is 2.94. The number of ketones is 1. The summed E-state index contributed by atoms with van der Waals surface area (Å²) in [7, 11) is 0. The summed E-state index contributed by atoms with van der Waals surface area (Å²) >= 11 is 0. The lowest BCUT2D eigenvalue weighted by molar-refractivity contribution is 0.104. The molecule has 0 aliphatic heterocycles. The zero-order chi connectivity index (χ0) is 17.8. The van der Waals surface area contributed by atoms with Gasteiger partial charge in [0.25, 0.3) is 5.56 Å². The lowest BCUT2D eigenvalue weighted by Crippen LogP contribution is -2.14. The number of hydrogen-bond donors (Lipinski definition) is 1. The van der Waals surface area contributed by atoms with Gasteiger partial charge in [0.05, 0.1) is 17.1 Å². The van der Waals surface area contributed by atoms with Crippen molar-refractivity contribution in [2.45, 2.75) is 6.92 Å². The smallest absolute Gasteiger partial charge is 0.293 e. The van der Waals surface area contributed by atoms with Gasteiger partial charge < -0.3 is 0 Å². The van der Waals surface area contributed by atoms with E-state index < -0.39 is 0 Å². The van der Waals surface area contributed by atoms with Gasteiger partial charge >= 0.3 is 0 Å². The standard InChI is InChI=1S/C19H16N4O2/c1-3-17(24)14-9-11-16(12-10-14)23-19(25)18(13(2)22-23)21-20-15-7-5-4-6-8-15/h3-12,22H,1H2,2H3. The van der Waals surface area contributed by atoms with Gasteiger partial charge in [-0.05, 0) is 49.4 Å². The minimum Gasteiger partial charge on any atom is -0.293 e. The number of nitrogens with zero attached hydrogens (tertiary/aromatic N) is 3. The fraction of sp³-hybridized carbons (Fsp3) is 0.0526. The zero-order valence-corrected chi connectivity index (χ0v) is 13.6. The molecule has 1 aromatic heterocycles. The van der Waals surface area contributed by atoms with Crippen LogP contribution < -0.4 is 5.56 Å². The van der Waals surface area contributed by atoms with Crippen LogP contribution in [0.4, 0.5) is 11.4 Å². The van der Waals surface area contributed by atoms with Crippen LogP contribution in [0.15, 0.2) is 82.3 Å². The highest BCUT2D eigenvalue weighted by molar-refractivity contribution is 6.04. The zero-order valence-electron chi connectivity index (χ0n) is 13.6. The highest BCUT2D eigenvalue weighted by Crippen LogP contribution is 2.18. The minimum atomic E-state index is -0.306. The van der Waals surface area contributed by atoms with Gasteiger partial charge in [0.1, 0.15) is 0 Å². The molecule has 25 heavy (non-hydrogen) atoms. The normalized spacial score (nSPS) is 10.9. The molecule has 0 fully saturated rings. The third-order valence-electron chi connectivity index (χ3n) is 3.66. The first-order valence-corrected chi connectivity index (χ1v) is 7.66. The van der Waals surface area contributed by atoms with E-state index in [4.69, 9.17) is 0 Å². The van der Waals surface area contributed by atoms with Crippen molar-refractivity contribution in [1.82, 2.24) is 9.78 Å². The molecule has 0 atom stereocenters. The topological polar surface area (TPSA) is 79.6 Å². The third-order valence-corrected chi connectivity index (χ3v) is 3.66. The Balaban J connectivity index is 1.94. The summed E-state index contributed by atoms with van der Waals surface area (Å²) in [5, 5.41) is 11.1. The number of hydrogen-bond acceptors (Lipinski definition) is 4. The van der Waals surface area contributed by atoms with Crippen molar-refractivity contribution in [2.24, 2.45) is 10.2 Å². The van der Waals surface area contributed by atoms with Gasteiger partial charge in [-0.25, -0.2) is 4.68 Å². The quantitative estimate of drug-likeness (QED) is 0.430. The van der Waals surface area contributed by atoms with Gasteiger partial charge in [0.15, 0.2) is 11.5 Å². The van der Waals surface area contributed by atoms with Crippen LogP contribution in [0.25, 0.3) is 5.69 Å². The Morgan fingerprint density at radius 3 is 2.40 bits per heavy atom. The van der Waals surface area contributed by atoms with E-state index in [2.05, 4.69) is 21.9 Å². The second-order valence-corrected chi connectivity index (χ2v) is 5.38. The van der Waals surface area contributed by atoms with Gasteiger partial charge in [0.2, 0.25) is 0 Å². The molecule has 0 aliphatic rings. The summed E-state index contributed by atoms with van der Waals surface area (Å²) in [6.07, 6.45) is 1.25. The molecule has 0 spiro atoms. The van der Waals surface area contributed by atoms with Crippen LogP contribution in [0, 0.1) is 6.92 Å². The van der Waals surface area contributed by atoms with Crippen LogP contribution in [0.3, 0.4) is 0 Å². The number of carbonyl (C=O) groups is 1. The Labute approximate surface area is 144 Å². The Hall–Kier alpha value is -3.54. The molecule has 2 aromatic carbocycles. The number of allylic oxidation sites excluding steroid dienone is 1. The Bertz CT molecular complexity index is 996. The molecule has 0 radical (unpaired) electrons. The summed E-state index contributed by atoms with van der Waals surface area (Å²) in [5.74, 6) is -0.168. The largest absolute Gasteiger partial charge is 0.299 e. The monoisotopic (exact) mass is 332 g/mol. The fourth-order valence-electron chi connectivity index (χ4n) is 2.33. The van der Waals surface area contributed by atoms with Gasteiger partial charge in [-0.2, -0.15) is 5.11 Å². The molecule has 0 saturated carbocycles. The molecular weight excluding hydrogens is 316 g/mol. The number of rotatable bonds is 5. The first-order chi connectivity index (χ1) is 12.1. The second kappa shape index (κ2) is 6.92. The first-order valence-electron chi connectivity index (χ1n) is 7.66.